The van der Waals surface area contributed by atoms with Crippen LogP contribution in [0.2, 0.25) is 0 Å². The van der Waals surface area contributed by atoms with E-state index in [9.17, 15) is 14.4 Å². The number of likely N-dealkylation sites (tertiary alicyclic amines) is 2. The molecule has 0 aliphatic carbocycles. The summed E-state index contributed by atoms with van der Waals surface area (Å²) in [5.74, 6) is 1.10. The molecule has 1 atom stereocenters. The SMILES string of the molecule is CCC(=O)N1CCC(c2ccc(Nc3nc(N4CCC[C@@H](CC(=O)N5CCCCC5)C4)nnc3C(N)=O)cc2)CC1. The van der Waals surface area contributed by atoms with Crippen molar-refractivity contribution in [3.63, 3.8) is 0 Å². The first-order valence-corrected chi connectivity index (χ1v) is 15.1. The Morgan fingerprint density at radius 2 is 1.59 bits per heavy atom. The third kappa shape index (κ3) is 7.12. The molecule has 220 valence electrons. The number of benzene rings is 1. The summed E-state index contributed by atoms with van der Waals surface area (Å²) in [6.45, 7) is 6.66. The molecular weight excluding hydrogens is 520 g/mol. The van der Waals surface area contributed by atoms with Crippen molar-refractivity contribution < 1.29 is 14.4 Å². The van der Waals surface area contributed by atoms with Gasteiger partial charge in [0.05, 0.1) is 0 Å². The molecule has 2 aromatic rings. The molecule has 0 spiro atoms. The maximum atomic E-state index is 12.9. The van der Waals surface area contributed by atoms with Gasteiger partial charge in [-0.15, -0.1) is 10.2 Å². The number of aromatic nitrogens is 3. The number of rotatable bonds is 8. The van der Waals surface area contributed by atoms with Gasteiger partial charge >= 0.3 is 0 Å². The highest BCUT2D eigenvalue weighted by atomic mass is 16.2. The first kappa shape index (κ1) is 28.8. The fourth-order valence-corrected chi connectivity index (χ4v) is 6.30. The highest BCUT2D eigenvalue weighted by Gasteiger charge is 2.28. The summed E-state index contributed by atoms with van der Waals surface area (Å²) in [5.41, 5.74) is 7.59. The normalized spacial score (nSPS) is 20.1. The molecule has 0 radical (unpaired) electrons. The van der Waals surface area contributed by atoms with Gasteiger partial charge in [0.2, 0.25) is 17.8 Å². The second-order valence-electron chi connectivity index (χ2n) is 11.5. The number of amides is 3. The molecule has 41 heavy (non-hydrogen) atoms. The number of hydrogen-bond acceptors (Lipinski definition) is 8. The fourth-order valence-electron chi connectivity index (χ4n) is 6.30. The number of primary amides is 1. The molecule has 3 amide bonds. The Bertz CT molecular complexity index is 1220. The monoisotopic (exact) mass is 562 g/mol. The summed E-state index contributed by atoms with van der Waals surface area (Å²) in [6, 6.07) is 8.10. The quantitative estimate of drug-likeness (QED) is 0.499. The molecule has 3 fully saturated rings. The molecular formula is C30H42N8O3. The van der Waals surface area contributed by atoms with Crippen molar-refractivity contribution in [3.8, 4) is 0 Å². The van der Waals surface area contributed by atoms with E-state index in [-0.39, 0.29) is 29.2 Å². The third-order valence-electron chi connectivity index (χ3n) is 8.68. The number of carbonyl (C=O) groups excluding carboxylic acids is 3. The lowest BCUT2D eigenvalue weighted by Crippen LogP contribution is -2.41. The highest BCUT2D eigenvalue weighted by Crippen LogP contribution is 2.30. The molecule has 11 heteroatoms. The average molecular weight is 563 g/mol. The lowest BCUT2D eigenvalue weighted by atomic mass is 9.89. The summed E-state index contributed by atoms with van der Waals surface area (Å²) < 4.78 is 0. The number of hydrogen-bond donors (Lipinski definition) is 2. The summed E-state index contributed by atoms with van der Waals surface area (Å²) in [4.78, 5) is 47.7. The zero-order valence-corrected chi connectivity index (χ0v) is 24.1. The molecule has 1 aromatic heterocycles. The van der Waals surface area contributed by atoms with Crippen LogP contribution in [0, 0.1) is 5.92 Å². The summed E-state index contributed by atoms with van der Waals surface area (Å²) >= 11 is 0. The number of piperidine rings is 3. The molecule has 4 heterocycles. The standard InChI is InChI=1S/C30H42N8O3/c1-2-25(39)37-17-12-23(13-18-37)22-8-10-24(11-9-22)32-29-27(28(31)41)34-35-30(33-29)38-16-6-7-21(20-38)19-26(40)36-14-4-3-5-15-36/h8-11,21,23H,2-7,12-20H2,1H3,(H2,31,41)(H,32,33,35)/t21-/m0/s1. The molecule has 5 rings (SSSR count). The first-order chi connectivity index (χ1) is 19.9. The molecule has 3 aliphatic rings. The van der Waals surface area contributed by atoms with Gasteiger partial charge in [-0.2, -0.15) is 4.98 Å². The van der Waals surface area contributed by atoms with Gasteiger partial charge in [0.1, 0.15) is 0 Å². The van der Waals surface area contributed by atoms with E-state index in [0.717, 1.165) is 76.9 Å². The lowest BCUT2D eigenvalue weighted by Gasteiger charge is -2.34. The van der Waals surface area contributed by atoms with Crippen LogP contribution in [0.4, 0.5) is 17.5 Å². The van der Waals surface area contributed by atoms with Gasteiger partial charge < -0.3 is 25.8 Å². The van der Waals surface area contributed by atoms with E-state index in [1.54, 1.807) is 0 Å². The Morgan fingerprint density at radius 3 is 2.27 bits per heavy atom. The number of nitrogens with one attached hydrogen (secondary N) is 1. The van der Waals surface area contributed by atoms with E-state index < -0.39 is 5.91 Å². The van der Waals surface area contributed by atoms with Crippen LogP contribution in [0.25, 0.3) is 0 Å². The Labute approximate surface area is 241 Å². The highest BCUT2D eigenvalue weighted by molar-refractivity contribution is 5.96. The number of nitrogens with zero attached hydrogens (tertiary/aromatic N) is 6. The molecule has 3 N–H and O–H groups in total. The number of anilines is 3. The van der Waals surface area contributed by atoms with Crippen molar-refractivity contribution in [1.29, 1.82) is 0 Å². The van der Waals surface area contributed by atoms with Crippen molar-refractivity contribution >= 4 is 35.2 Å². The van der Waals surface area contributed by atoms with Gasteiger partial charge in [0.15, 0.2) is 11.5 Å². The zero-order chi connectivity index (χ0) is 28.8. The predicted molar refractivity (Wildman–Crippen MR) is 157 cm³/mol. The van der Waals surface area contributed by atoms with Crippen LogP contribution in [0.1, 0.15) is 86.7 Å². The minimum absolute atomic E-state index is 0.0142. The smallest absolute Gasteiger partial charge is 0.273 e. The van der Waals surface area contributed by atoms with Gasteiger partial charge in [0.25, 0.3) is 5.91 Å². The maximum Gasteiger partial charge on any atom is 0.273 e. The molecule has 3 aliphatic heterocycles. The van der Waals surface area contributed by atoms with Crippen LogP contribution in [-0.2, 0) is 9.59 Å². The second kappa shape index (κ2) is 13.3. The van der Waals surface area contributed by atoms with E-state index in [0.29, 0.717) is 31.3 Å². The van der Waals surface area contributed by atoms with Gasteiger partial charge in [-0.05, 0) is 74.5 Å². The number of nitrogens with two attached hydrogens (primary N) is 1. The van der Waals surface area contributed by atoms with Crippen LogP contribution in [0.3, 0.4) is 0 Å². The van der Waals surface area contributed by atoms with Gasteiger partial charge in [-0.1, -0.05) is 19.1 Å². The zero-order valence-electron chi connectivity index (χ0n) is 24.1. The molecule has 11 nitrogen and oxygen atoms in total. The van der Waals surface area contributed by atoms with Crippen molar-refractivity contribution in [2.24, 2.45) is 11.7 Å². The second-order valence-corrected chi connectivity index (χ2v) is 11.5. The third-order valence-corrected chi connectivity index (χ3v) is 8.68. The van der Waals surface area contributed by atoms with Crippen LogP contribution < -0.4 is 16.0 Å². The molecule has 0 bridgehead atoms. The van der Waals surface area contributed by atoms with Gasteiger partial charge in [0, 0.05) is 57.8 Å². The maximum absolute atomic E-state index is 12.9. The first-order valence-electron chi connectivity index (χ1n) is 15.1. The molecule has 0 unspecified atom stereocenters. The summed E-state index contributed by atoms with van der Waals surface area (Å²) in [6.07, 6.45) is 8.30. The van der Waals surface area contributed by atoms with Crippen LogP contribution >= 0.6 is 0 Å². The van der Waals surface area contributed by atoms with E-state index in [1.165, 1.54) is 12.0 Å². The Balaban J connectivity index is 1.23. The van der Waals surface area contributed by atoms with E-state index >= 15 is 0 Å². The van der Waals surface area contributed by atoms with Crippen LogP contribution in [-0.4, -0.2) is 82.0 Å². The van der Waals surface area contributed by atoms with Crippen LogP contribution in [0.15, 0.2) is 24.3 Å². The summed E-state index contributed by atoms with van der Waals surface area (Å²) in [7, 11) is 0. The van der Waals surface area contributed by atoms with E-state index in [1.807, 2.05) is 28.9 Å². The molecule has 0 saturated carbocycles. The largest absolute Gasteiger partial charge is 0.364 e. The van der Waals surface area contributed by atoms with Crippen molar-refractivity contribution in [3.05, 3.63) is 35.5 Å². The molecule has 1 aromatic carbocycles. The Kier molecular flexibility index (Phi) is 9.31. The predicted octanol–water partition coefficient (Wildman–Crippen LogP) is 3.45. The van der Waals surface area contributed by atoms with E-state index in [2.05, 4.69) is 37.5 Å². The van der Waals surface area contributed by atoms with Crippen molar-refractivity contribution in [2.45, 2.75) is 70.6 Å². The molecule has 3 saturated heterocycles. The minimum Gasteiger partial charge on any atom is -0.364 e. The van der Waals surface area contributed by atoms with Crippen molar-refractivity contribution in [2.75, 3.05) is 49.5 Å². The van der Waals surface area contributed by atoms with Crippen molar-refractivity contribution in [1.82, 2.24) is 25.0 Å². The average Bonchev–Trinajstić information content (AvgIpc) is 3.01. The fraction of sp³-hybridized carbons (Fsp3) is 0.600. The lowest BCUT2D eigenvalue weighted by molar-refractivity contribution is -0.133. The van der Waals surface area contributed by atoms with Gasteiger partial charge in [-0.3, -0.25) is 14.4 Å². The minimum atomic E-state index is -0.701. The number of carbonyl (C=O) groups is 3. The van der Waals surface area contributed by atoms with Gasteiger partial charge in [-0.25, -0.2) is 0 Å². The van der Waals surface area contributed by atoms with E-state index in [4.69, 9.17) is 5.73 Å². The summed E-state index contributed by atoms with van der Waals surface area (Å²) in [5, 5.41) is 11.6. The Hall–Kier alpha value is -3.76. The topological polar surface area (TPSA) is 138 Å². The Morgan fingerprint density at radius 1 is 0.878 bits per heavy atom. The van der Waals surface area contributed by atoms with Crippen LogP contribution in [0.5, 0.6) is 0 Å².